The lowest BCUT2D eigenvalue weighted by molar-refractivity contribution is -0.138. The van der Waals surface area contributed by atoms with Crippen molar-refractivity contribution in [1.29, 1.82) is 0 Å². The molecule has 4 heteroatoms. The van der Waals surface area contributed by atoms with Gasteiger partial charge in [0.15, 0.2) is 0 Å². The maximum absolute atomic E-state index is 13.2. The minimum atomic E-state index is -0.277. The number of nitrogens with zero attached hydrogens (tertiary/aromatic N) is 1. The zero-order valence-corrected chi connectivity index (χ0v) is 18.3. The van der Waals surface area contributed by atoms with E-state index in [1.54, 1.807) is 0 Å². The Morgan fingerprint density at radius 2 is 1.55 bits per heavy atom. The van der Waals surface area contributed by atoms with Gasteiger partial charge in [0, 0.05) is 17.1 Å². The number of esters is 1. The molecule has 0 saturated carbocycles. The van der Waals surface area contributed by atoms with E-state index in [1.165, 1.54) is 11.1 Å². The Labute approximate surface area is 184 Å². The second-order valence-electron chi connectivity index (χ2n) is 7.88. The first-order valence-corrected chi connectivity index (χ1v) is 10.7. The SMILES string of the molecule is CCOC(=O)C1=C(Nc2ccc(C)cc2)CN(c2ccc(C)cc2)C1c1ccccc1. The second kappa shape index (κ2) is 9.09. The van der Waals surface area contributed by atoms with E-state index in [4.69, 9.17) is 4.74 Å². The maximum Gasteiger partial charge on any atom is 0.338 e. The largest absolute Gasteiger partial charge is 0.463 e. The molecular formula is C27H28N2O2. The van der Waals surface area contributed by atoms with Gasteiger partial charge >= 0.3 is 5.97 Å². The predicted octanol–water partition coefficient (Wildman–Crippen LogP) is 5.79. The average Bonchev–Trinajstić information content (AvgIpc) is 3.16. The van der Waals surface area contributed by atoms with Crippen molar-refractivity contribution in [3.05, 3.63) is 107 Å². The van der Waals surface area contributed by atoms with Gasteiger partial charge in [0.25, 0.3) is 0 Å². The third-order valence-electron chi connectivity index (χ3n) is 5.56. The zero-order valence-electron chi connectivity index (χ0n) is 18.3. The topological polar surface area (TPSA) is 41.6 Å². The normalized spacial score (nSPS) is 15.8. The molecule has 0 saturated heterocycles. The molecule has 0 spiro atoms. The van der Waals surface area contributed by atoms with Crippen molar-refractivity contribution < 1.29 is 9.53 Å². The number of carbonyl (C=O) groups excluding carboxylic acids is 1. The average molecular weight is 413 g/mol. The summed E-state index contributed by atoms with van der Waals surface area (Å²) in [4.78, 5) is 15.4. The van der Waals surface area contributed by atoms with Crippen molar-refractivity contribution in [3.63, 3.8) is 0 Å². The van der Waals surface area contributed by atoms with E-state index in [0.29, 0.717) is 18.7 Å². The number of nitrogens with one attached hydrogen (secondary N) is 1. The summed E-state index contributed by atoms with van der Waals surface area (Å²) in [6, 6.07) is 26.6. The van der Waals surface area contributed by atoms with Crippen LogP contribution in [0.25, 0.3) is 0 Å². The fourth-order valence-electron chi connectivity index (χ4n) is 3.99. The molecule has 0 radical (unpaired) electrons. The summed E-state index contributed by atoms with van der Waals surface area (Å²) < 4.78 is 5.50. The second-order valence-corrected chi connectivity index (χ2v) is 7.88. The molecule has 31 heavy (non-hydrogen) atoms. The number of aryl methyl sites for hydroxylation is 2. The molecule has 1 atom stereocenters. The lowest BCUT2D eigenvalue weighted by atomic mass is 9.98. The van der Waals surface area contributed by atoms with Gasteiger partial charge in [-0.15, -0.1) is 0 Å². The summed E-state index contributed by atoms with van der Waals surface area (Å²) >= 11 is 0. The molecule has 158 valence electrons. The first-order chi connectivity index (χ1) is 15.1. The van der Waals surface area contributed by atoms with Crippen LogP contribution in [0.1, 0.15) is 29.7 Å². The van der Waals surface area contributed by atoms with Gasteiger partial charge in [-0.05, 0) is 50.6 Å². The number of rotatable bonds is 6. The molecule has 0 bridgehead atoms. The smallest absolute Gasteiger partial charge is 0.338 e. The Morgan fingerprint density at radius 3 is 2.16 bits per heavy atom. The Hall–Kier alpha value is -3.53. The molecule has 0 aliphatic carbocycles. The molecule has 1 heterocycles. The van der Waals surface area contributed by atoms with Crippen LogP contribution in [-0.2, 0) is 9.53 Å². The Morgan fingerprint density at radius 1 is 0.935 bits per heavy atom. The molecule has 1 aliphatic rings. The molecule has 3 aromatic rings. The third kappa shape index (κ3) is 4.48. The van der Waals surface area contributed by atoms with E-state index < -0.39 is 0 Å². The summed E-state index contributed by atoms with van der Waals surface area (Å²) in [6.45, 7) is 6.91. The van der Waals surface area contributed by atoms with Gasteiger partial charge in [-0.2, -0.15) is 0 Å². The van der Waals surface area contributed by atoms with Crippen LogP contribution in [-0.4, -0.2) is 19.1 Å². The van der Waals surface area contributed by atoms with Crippen molar-refractivity contribution in [2.75, 3.05) is 23.4 Å². The Bertz CT molecular complexity index is 1070. The molecule has 0 aromatic heterocycles. The zero-order chi connectivity index (χ0) is 21.8. The Kier molecular flexibility index (Phi) is 6.08. The molecule has 4 nitrogen and oxygen atoms in total. The summed E-state index contributed by atoms with van der Waals surface area (Å²) in [5.74, 6) is -0.277. The molecule has 4 rings (SSSR count). The van der Waals surface area contributed by atoms with E-state index in [-0.39, 0.29) is 12.0 Å². The number of hydrogen-bond donors (Lipinski definition) is 1. The van der Waals surface area contributed by atoms with E-state index >= 15 is 0 Å². The van der Waals surface area contributed by atoms with E-state index in [0.717, 1.165) is 22.6 Å². The van der Waals surface area contributed by atoms with Crippen molar-refractivity contribution in [2.45, 2.75) is 26.8 Å². The van der Waals surface area contributed by atoms with Gasteiger partial charge in [-0.25, -0.2) is 4.79 Å². The fourth-order valence-corrected chi connectivity index (χ4v) is 3.99. The van der Waals surface area contributed by atoms with Crippen LogP contribution in [0.5, 0.6) is 0 Å². The first kappa shape index (κ1) is 20.7. The molecule has 1 unspecified atom stereocenters. The van der Waals surface area contributed by atoms with Crippen molar-refractivity contribution >= 4 is 17.3 Å². The highest BCUT2D eigenvalue weighted by molar-refractivity contribution is 5.94. The van der Waals surface area contributed by atoms with Gasteiger partial charge in [0.1, 0.15) is 0 Å². The maximum atomic E-state index is 13.2. The summed E-state index contributed by atoms with van der Waals surface area (Å²) in [5, 5.41) is 3.51. The molecule has 1 N–H and O–H groups in total. The Balaban J connectivity index is 1.81. The minimum Gasteiger partial charge on any atom is -0.463 e. The number of anilines is 2. The highest BCUT2D eigenvalue weighted by Crippen LogP contribution is 2.41. The standard InChI is InChI=1S/C27H28N2O2/c1-4-31-27(30)25-24(28-22-14-10-19(2)11-15-22)18-29(23-16-12-20(3)13-17-23)26(25)21-8-6-5-7-9-21/h5-17,26,28H,4,18H2,1-3H3. The molecular weight excluding hydrogens is 384 g/mol. The molecule has 3 aromatic carbocycles. The third-order valence-corrected chi connectivity index (χ3v) is 5.56. The molecule has 0 fully saturated rings. The quantitative estimate of drug-likeness (QED) is 0.520. The minimum absolute atomic E-state index is 0.226. The lowest BCUT2D eigenvalue weighted by Crippen LogP contribution is -2.27. The van der Waals surface area contributed by atoms with Crippen LogP contribution in [0.15, 0.2) is 90.1 Å². The van der Waals surface area contributed by atoms with Crippen LogP contribution in [0, 0.1) is 13.8 Å². The highest BCUT2D eigenvalue weighted by atomic mass is 16.5. The number of benzene rings is 3. The number of hydrogen-bond acceptors (Lipinski definition) is 4. The molecule has 0 amide bonds. The number of carbonyl (C=O) groups is 1. The monoisotopic (exact) mass is 412 g/mol. The summed E-state index contributed by atoms with van der Waals surface area (Å²) in [5.41, 5.74) is 7.02. The van der Waals surface area contributed by atoms with Crippen LogP contribution >= 0.6 is 0 Å². The highest BCUT2D eigenvalue weighted by Gasteiger charge is 2.39. The van der Waals surface area contributed by atoms with Gasteiger partial charge in [0.05, 0.1) is 24.8 Å². The van der Waals surface area contributed by atoms with E-state index in [9.17, 15) is 4.79 Å². The van der Waals surface area contributed by atoms with Gasteiger partial charge in [-0.3, -0.25) is 0 Å². The summed E-state index contributed by atoms with van der Waals surface area (Å²) in [7, 11) is 0. The number of ether oxygens (including phenoxy) is 1. The lowest BCUT2D eigenvalue weighted by Gasteiger charge is -2.29. The summed E-state index contributed by atoms with van der Waals surface area (Å²) in [6.07, 6.45) is 0. The van der Waals surface area contributed by atoms with E-state index in [2.05, 4.69) is 72.6 Å². The van der Waals surface area contributed by atoms with Gasteiger partial charge in [0.2, 0.25) is 0 Å². The van der Waals surface area contributed by atoms with Crippen LogP contribution < -0.4 is 10.2 Å². The van der Waals surface area contributed by atoms with Gasteiger partial charge in [-0.1, -0.05) is 65.7 Å². The van der Waals surface area contributed by atoms with Crippen LogP contribution in [0.3, 0.4) is 0 Å². The molecule has 1 aliphatic heterocycles. The van der Waals surface area contributed by atoms with Crippen LogP contribution in [0.2, 0.25) is 0 Å². The van der Waals surface area contributed by atoms with E-state index in [1.807, 2.05) is 37.3 Å². The van der Waals surface area contributed by atoms with Crippen LogP contribution in [0.4, 0.5) is 11.4 Å². The van der Waals surface area contributed by atoms with Crippen molar-refractivity contribution in [1.82, 2.24) is 0 Å². The predicted molar refractivity (Wildman–Crippen MR) is 126 cm³/mol. The fraction of sp³-hybridized carbons (Fsp3) is 0.222. The van der Waals surface area contributed by atoms with Gasteiger partial charge < -0.3 is 15.0 Å². The van der Waals surface area contributed by atoms with Crippen molar-refractivity contribution in [2.24, 2.45) is 0 Å². The van der Waals surface area contributed by atoms with Crippen molar-refractivity contribution in [3.8, 4) is 0 Å². The first-order valence-electron chi connectivity index (χ1n) is 10.7.